The van der Waals surface area contributed by atoms with Crippen molar-refractivity contribution >= 4 is 34.8 Å². The van der Waals surface area contributed by atoms with Crippen molar-refractivity contribution < 1.29 is 9.59 Å². The van der Waals surface area contributed by atoms with E-state index in [4.69, 9.17) is 11.6 Å². The average Bonchev–Trinajstić information content (AvgIpc) is 2.64. The summed E-state index contributed by atoms with van der Waals surface area (Å²) < 4.78 is 0. The van der Waals surface area contributed by atoms with Crippen LogP contribution in [-0.4, -0.2) is 29.8 Å². The molecule has 6 heteroatoms. The number of hydrogen-bond acceptors (Lipinski definition) is 3. The highest BCUT2D eigenvalue weighted by Crippen LogP contribution is 2.22. The van der Waals surface area contributed by atoms with Gasteiger partial charge in [-0.15, -0.1) is 0 Å². The fourth-order valence-corrected chi connectivity index (χ4v) is 3.51. The van der Waals surface area contributed by atoms with Gasteiger partial charge in [0.15, 0.2) is 0 Å². The molecule has 2 aromatic rings. The Hall–Kier alpha value is -2.37. The van der Waals surface area contributed by atoms with Crippen molar-refractivity contribution in [2.24, 2.45) is 5.92 Å². The number of nitrogens with zero attached hydrogens (tertiary/aromatic N) is 1. The molecule has 0 aromatic heterocycles. The number of benzene rings is 2. The van der Waals surface area contributed by atoms with Gasteiger partial charge in [-0.2, -0.15) is 0 Å². The third kappa shape index (κ3) is 5.81. The summed E-state index contributed by atoms with van der Waals surface area (Å²) in [7, 11) is 0. The Kier molecular flexibility index (Phi) is 6.48. The summed E-state index contributed by atoms with van der Waals surface area (Å²) in [6.07, 6.45) is 1.88. The van der Waals surface area contributed by atoms with E-state index in [1.165, 1.54) is 12.5 Å². The SMILES string of the molecule is CC(=O)Nc1cccc(NC(=O)C2CCCN(Cc3ccc(Cl)cc3)C2)c1. The van der Waals surface area contributed by atoms with Crippen LogP contribution in [0.25, 0.3) is 0 Å². The van der Waals surface area contributed by atoms with Gasteiger partial charge in [0, 0.05) is 36.4 Å². The van der Waals surface area contributed by atoms with E-state index in [1.807, 2.05) is 36.4 Å². The molecule has 0 aliphatic carbocycles. The monoisotopic (exact) mass is 385 g/mol. The van der Waals surface area contributed by atoms with Gasteiger partial charge >= 0.3 is 0 Å². The second kappa shape index (κ2) is 9.02. The summed E-state index contributed by atoms with van der Waals surface area (Å²) >= 11 is 5.95. The Morgan fingerprint density at radius 2 is 1.81 bits per heavy atom. The molecule has 1 aliphatic heterocycles. The smallest absolute Gasteiger partial charge is 0.228 e. The Bertz CT molecular complexity index is 807. The minimum absolute atomic E-state index is 0.0239. The summed E-state index contributed by atoms with van der Waals surface area (Å²) in [5.41, 5.74) is 2.57. The van der Waals surface area contributed by atoms with E-state index >= 15 is 0 Å². The molecule has 0 spiro atoms. The number of amides is 2. The quantitative estimate of drug-likeness (QED) is 0.812. The van der Waals surface area contributed by atoms with E-state index in [2.05, 4.69) is 15.5 Å². The van der Waals surface area contributed by atoms with Crippen molar-refractivity contribution in [3.8, 4) is 0 Å². The molecule has 2 amide bonds. The number of nitrogens with one attached hydrogen (secondary N) is 2. The third-order valence-electron chi connectivity index (χ3n) is 4.65. The minimum Gasteiger partial charge on any atom is -0.326 e. The van der Waals surface area contributed by atoms with Gasteiger partial charge in [-0.05, 0) is 55.3 Å². The fraction of sp³-hybridized carbons (Fsp3) is 0.333. The Morgan fingerprint density at radius 3 is 2.52 bits per heavy atom. The zero-order chi connectivity index (χ0) is 19.2. The van der Waals surface area contributed by atoms with Gasteiger partial charge in [0.25, 0.3) is 0 Å². The Balaban J connectivity index is 1.58. The van der Waals surface area contributed by atoms with Gasteiger partial charge in [0.05, 0.1) is 5.92 Å². The molecule has 0 radical (unpaired) electrons. The van der Waals surface area contributed by atoms with Crippen molar-refractivity contribution in [3.05, 3.63) is 59.1 Å². The van der Waals surface area contributed by atoms with E-state index in [0.717, 1.165) is 37.5 Å². The van der Waals surface area contributed by atoms with Gasteiger partial charge in [-0.3, -0.25) is 14.5 Å². The first-order valence-electron chi connectivity index (χ1n) is 9.15. The van der Waals surface area contributed by atoms with Crippen molar-refractivity contribution in [1.29, 1.82) is 0 Å². The first-order valence-corrected chi connectivity index (χ1v) is 9.53. The number of carbonyl (C=O) groups excluding carboxylic acids is 2. The topological polar surface area (TPSA) is 61.4 Å². The number of piperidine rings is 1. The van der Waals surface area contributed by atoms with Crippen LogP contribution in [0.5, 0.6) is 0 Å². The number of likely N-dealkylation sites (tertiary alicyclic amines) is 1. The standard InChI is InChI=1S/C21H24ClN3O2/c1-15(26)23-19-5-2-6-20(12-19)24-21(27)17-4-3-11-25(14-17)13-16-7-9-18(22)10-8-16/h2,5-10,12,17H,3-4,11,13-14H2,1H3,(H,23,26)(H,24,27). The van der Waals surface area contributed by atoms with Gasteiger partial charge in [-0.1, -0.05) is 29.8 Å². The van der Waals surface area contributed by atoms with Gasteiger partial charge < -0.3 is 10.6 Å². The lowest BCUT2D eigenvalue weighted by atomic mass is 9.96. The minimum atomic E-state index is -0.136. The summed E-state index contributed by atoms with van der Waals surface area (Å²) in [6, 6.07) is 15.1. The van der Waals surface area contributed by atoms with Crippen LogP contribution < -0.4 is 10.6 Å². The maximum absolute atomic E-state index is 12.7. The molecule has 1 fully saturated rings. The number of carbonyl (C=O) groups is 2. The van der Waals surface area contributed by atoms with Crippen molar-refractivity contribution in [2.45, 2.75) is 26.3 Å². The predicted octanol–water partition coefficient (Wildman–Crippen LogP) is 4.15. The van der Waals surface area contributed by atoms with Crippen LogP contribution in [-0.2, 0) is 16.1 Å². The fourth-order valence-electron chi connectivity index (χ4n) is 3.38. The maximum Gasteiger partial charge on any atom is 0.228 e. The summed E-state index contributed by atoms with van der Waals surface area (Å²) in [4.78, 5) is 26.2. The summed E-state index contributed by atoms with van der Waals surface area (Å²) in [6.45, 7) is 4.01. The highest BCUT2D eigenvalue weighted by atomic mass is 35.5. The molecular weight excluding hydrogens is 362 g/mol. The zero-order valence-corrected chi connectivity index (χ0v) is 16.1. The Morgan fingerprint density at radius 1 is 1.11 bits per heavy atom. The van der Waals surface area contributed by atoms with Crippen LogP contribution in [0.3, 0.4) is 0 Å². The van der Waals surface area contributed by atoms with Crippen LogP contribution in [0.1, 0.15) is 25.3 Å². The summed E-state index contributed by atoms with van der Waals surface area (Å²) in [5.74, 6) is -0.158. The van der Waals surface area contributed by atoms with E-state index in [-0.39, 0.29) is 17.7 Å². The molecule has 1 aliphatic rings. The first kappa shape index (κ1) is 19.4. The van der Waals surface area contributed by atoms with Gasteiger partial charge in [-0.25, -0.2) is 0 Å². The molecule has 3 rings (SSSR count). The van der Waals surface area contributed by atoms with Crippen LogP contribution in [0.15, 0.2) is 48.5 Å². The van der Waals surface area contributed by atoms with E-state index in [0.29, 0.717) is 11.4 Å². The lowest BCUT2D eigenvalue weighted by Gasteiger charge is -2.32. The highest BCUT2D eigenvalue weighted by Gasteiger charge is 2.25. The Labute approximate surface area is 164 Å². The molecule has 0 bridgehead atoms. The molecule has 5 nitrogen and oxygen atoms in total. The molecule has 142 valence electrons. The van der Waals surface area contributed by atoms with Crippen molar-refractivity contribution in [1.82, 2.24) is 4.90 Å². The largest absolute Gasteiger partial charge is 0.326 e. The highest BCUT2D eigenvalue weighted by molar-refractivity contribution is 6.30. The molecule has 1 saturated heterocycles. The summed E-state index contributed by atoms with van der Waals surface area (Å²) in [5, 5.41) is 6.44. The third-order valence-corrected chi connectivity index (χ3v) is 4.90. The van der Waals surface area contributed by atoms with Crippen molar-refractivity contribution in [3.63, 3.8) is 0 Å². The molecular formula is C21H24ClN3O2. The molecule has 0 saturated carbocycles. The number of hydrogen-bond donors (Lipinski definition) is 2. The van der Waals surface area contributed by atoms with E-state index in [1.54, 1.807) is 12.1 Å². The lowest BCUT2D eigenvalue weighted by molar-refractivity contribution is -0.121. The average molecular weight is 386 g/mol. The molecule has 1 heterocycles. The van der Waals surface area contributed by atoms with Crippen molar-refractivity contribution in [2.75, 3.05) is 23.7 Å². The van der Waals surface area contributed by atoms with E-state index in [9.17, 15) is 9.59 Å². The maximum atomic E-state index is 12.7. The van der Waals surface area contributed by atoms with Crippen LogP contribution in [0.2, 0.25) is 5.02 Å². The molecule has 1 unspecified atom stereocenters. The normalized spacial score (nSPS) is 17.3. The van der Waals surface area contributed by atoms with Crippen LogP contribution in [0, 0.1) is 5.92 Å². The van der Waals surface area contributed by atoms with Crippen LogP contribution >= 0.6 is 11.6 Å². The zero-order valence-electron chi connectivity index (χ0n) is 15.4. The number of anilines is 2. The van der Waals surface area contributed by atoms with Gasteiger partial charge in [0.2, 0.25) is 11.8 Å². The second-order valence-electron chi connectivity index (χ2n) is 6.95. The molecule has 1 atom stereocenters. The molecule has 2 aromatic carbocycles. The number of rotatable bonds is 5. The lowest BCUT2D eigenvalue weighted by Crippen LogP contribution is -2.40. The number of halogens is 1. The van der Waals surface area contributed by atoms with Crippen LogP contribution in [0.4, 0.5) is 11.4 Å². The first-order chi connectivity index (χ1) is 13.0. The second-order valence-corrected chi connectivity index (χ2v) is 7.39. The van der Waals surface area contributed by atoms with Gasteiger partial charge in [0.1, 0.15) is 0 Å². The molecule has 2 N–H and O–H groups in total. The molecule has 27 heavy (non-hydrogen) atoms. The predicted molar refractivity (Wildman–Crippen MR) is 109 cm³/mol. The van der Waals surface area contributed by atoms with E-state index < -0.39 is 0 Å².